The maximum Gasteiger partial charge on any atom is 0.277 e. The van der Waals surface area contributed by atoms with Crippen molar-refractivity contribution in [3.63, 3.8) is 0 Å². The van der Waals surface area contributed by atoms with Crippen LogP contribution in [0.3, 0.4) is 0 Å². The van der Waals surface area contributed by atoms with E-state index in [4.69, 9.17) is 4.74 Å². The molecule has 0 aliphatic carbocycles. The van der Waals surface area contributed by atoms with Gasteiger partial charge in [0.15, 0.2) is 0 Å². The number of piperidine rings is 1. The standard InChI is InChI=1S/C21H24N2O5/c1-5-28-21(3,4)16-12-13(2)19(24)22(20(16)25)17-10-11-18(23(26)27)15-9-7-6-8-14(15)17/h6-11,13,16H,5,12H2,1-4H3. The Balaban J connectivity index is 2.16. The number of non-ortho nitro benzene ring substituents is 1. The summed E-state index contributed by atoms with van der Waals surface area (Å²) in [5.74, 6) is -1.49. The van der Waals surface area contributed by atoms with Gasteiger partial charge in [0.2, 0.25) is 11.8 Å². The molecule has 2 unspecified atom stereocenters. The molecule has 2 atom stereocenters. The van der Waals surface area contributed by atoms with E-state index < -0.39 is 16.4 Å². The van der Waals surface area contributed by atoms with Gasteiger partial charge in [-0.05, 0) is 39.3 Å². The summed E-state index contributed by atoms with van der Waals surface area (Å²) in [5, 5.41) is 12.3. The highest BCUT2D eigenvalue weighted by Crippen LogP contribution is 2.40. The van der Waals surface area contributed by atoms with E-state index in [2.05, 4.69) is 0 Å². The number of anilines is 1. The van der Waals surface area contributed by atoms with Gasteiger partial charge >= 0.3 is 0 Å². The summed E-state index contributed by atoms with van der Waals surface area (Å²) < 4.78 is 5.80. The van der Waals surface area contributed by atoms with E-state index in [0.717, 1.165) is 0 Å². The number of carbonyl (C=O) groups excluding carboxylic acids is 2. The summed E-state index contributed by atoms with van der Waals surface area (Å²) >= 11 is 0. The molecule has 1 aliphatic rings. The third kappa shape index (κ3) is 3.26. The maximum absolute atomic E-state index is 13.4. The number of rotatable bonds is 5. The van der Waals surface area contributed by atoms with Crippen LogP contribution in [0.2, 0.25) is 0 Å². The quantitative estimate of drug-likeness (QED) is 0.440. The minimum Gasteiger partial charge on any atom is -0.375 e. The average Bonchev–Trinajstić information content (AvgIpc) is 2.64. The molecule has 2 aromatic rings. The van der Waals surface area contributed by atoms with E-state index in [-0.39, 0.29) is 23.4 Å². The summed E-state index contributed by atoms with van der Waals surface area (Å²) in [4.78, 5) is 38.4. The predicted molar refractivity (Wildman–Crippen MR) is 106 cm³/mol. The molecule has 1 heterocycles. The number of nitrogens with zero attached hydrogens (tertiary/aromatic N) is 2. The summed E-state index contributed by atoms with van der Waals surface area (Å²) in [5.41, 5.74) is -0.411. The number of imide groups is 1. The molecular formula is C21H24N2O5. The third-order valence-electron chi connectivity index (χ3n) is 5.42. The SMILES string of the molecule is CCOC(C)(C)C1CC(C)C(=O)N(c2ccc([N+](=O)[O-])c3ccccc23)C1=O. The first-order valence-corrected chi connectivity index (χ1v) is 9.37. The maximum atomic E-state index is 13.4. The van der Waals surface area contributed by atoms with E-state index in [9.17, 15) is 19.7 Å². The monoisotopic (exact) mass is 384 g/mol. The van der Waals surface area contributed by atoms with Crippen LogP contribution in [0.4, 0.5) is 11.4 Å². The van der Waals surface area contributed by atoms with Gasteiger partial charge in [-0.3, -0.25) is 19.7 Å². The van der Waals surface area contributed by atoms with Crippen molar-refractivity contribution in [2.24, 2.45) is 11.8 Å². The Morgan fingerprint density at radius 1 is 1.14 bits per heavy atom. The van der Waals surface area contributed by atoms with Crippen molar-refractivity contribution in [2.45, 2.75) is 39.7 Å². The predicted octanol–water partition coefficient (Wildman–Crippen LogP) is 4.08. The molecule has 0 radical (unpaired) electrons. The second-order valence-electron chi connectivity index (χ2n) is 7.64. The van der Waals surface area contributed by atoms with E-state index in [0.29, 0.717) is 29.5 Å². The molecule has 148 valence electrons. The van der Waals surface area contributed by atoms with Crippen molar-refractivity contribution in [3.8, 4) is 0 Å². The van der Waals surface area contributed by atoms with Gasteiger partial charge in [0, 0.05) is 24.0 Å². The zero-order valence-corrected chi connectivity index (χ0v) is 16.5. The van der Waals surface area contributed by atoms with Crippen LogP contribution >= 0.6 is 0 Å². The second kappa shape index (κ2) is 7.31. The zero-order valence-electron chi connectivity index (χ0n) is 16.5. The first-order chi connectivity index (χ1) is 13.2. The van der Waals surface area contributed by atoms with Gasteiger partial charge in [0.05, 0.1) is 27.5 Å². The van der Waals surface area contributed by atoms with Gasteiger partial charge in [-0.15, -0.1) is 0 Å². The topological polar surface area (TPSA) is 89.8 Å². The van der Waals surface area contributed by atoms with Crippen LogP contribution in [0.1, 0.15) is 34.1 Å². The number of fused-ring (bicyclic) bond motifs is 1. The molecule has 2 aromatic carbocycles. The van der Waals surface area contributed by atoms with Gasteiger partial charge in [0.1, 0.15) is 0 Å². The fourth-order valence-corrected chi connectivity index (χ4v) is 3.95. The van der Waals surface area contributed by atoms with Crippen molar-refractivity contribution in [1.29, 1.82) is 0 Å². The van der Waals surface area contributed by atoms with Crippen molar-refractivity contribution in [3.05, 3.63) is 46.5 Å². The van der Waals surface area contributed by atoms with Crippen molar-refractivity contribution < 1.29 is 19.2 Å². The highest BCUT2D eigenvalue weighted by molar-refractivity contribution is 6.22. The van der Waals surface area contributed by atoms with Crippen molar-refractivity contribution in [1.82, 2.24) is 0 Å². The molecule has 28 heavy (non-hydrogen) atoms. The minimum absolute atomic E-state index is 0.0597. The van der Waals surface area contributed by atoms with Gasteiger partial charge in [0.25, 0.3) is 5.69 Å². The van der Waals surface area contributed by atoms with E-state index >= 15 is 0 Å². The highest BCUT2D eigenvalue weighted by Gasteiger charge is 2.47. The van der Waals surface area contributed by atoms with Gasteiger partial charge in [-0.25, -0.2) is 4.90 Å². The lowest BCUT2D eigenvalue weighted by molar-refractivity contribution is -0.383. The minimum atomic E-state index is -0.727. The Morgan fingerprint density at radius 2 is 1.79 bits per heavy atom. The van der Waals surface area contributed by atoms with Crippen LogP contribution in [-0.4, -0.2) is 28.9 Å². The van der Waals surface area contributed by atoms with Gasteiger partial charge in [-0.1, -0.05) is 25.1 Å². The van der Waals surface area contributed by atoms with E-state index in [1.54, 1.807) is 31.2 Å². The van der Waals surface area contributed by atoms with Crippen LogP contribution in [0.25, 0.3) is 10.8 Å². The fourth-order valence-electron chi connectivity index (χ4n) is 3.95. The largest absolute Gasteiger partial charge is 0.375 e. The zero-order chi connectivity index (χ0) is 20.6. The first kappa shape index (κ1) is 19.9. The number of nitro benzene ring substituents is 1. The van der Waals surface area contributed by atoms with Gasteiger partial charge in [-0.2, -0.15) is 0 Å². The smallest absolute Gasteiger partial charge is 0.277 e. The molecule has 0 spiro atoms. The number of nitro groups is 1. The number of amides is 2. The molecular weight excluding hydrogens is 360 g/mol. The van der Waals surface area contributed by atoms with Crippen LogP contribution in [0.15, 0.2) is 36.4 Å². The lowest BCUT2D eigenvalue weighted by Crippen LogP contribution is -2.55. The molecule has 1 saturated heterocycles. The first-order valence-electron chi connectivity index (χ1n) is 9.37. The normalized spacial score (nSPS) is 20.6. The Morgan fingerprint density at radius 3 is 2.39 bits per heavy atom. The molecule has 7 nitrogen and oxygen atoms in total. The summed E-state index contributed by atoms with van der Waals surface area (Å²) in [6.45, 7) is 7.83. The summed E-state index contributed by atoms with van der Waals surface area (Å²) in [6, 6.07) is 9.59. The molecule has 2 amide bonds. The van der Waals surface area contributed by atoms with Crippen LogP contribution < -0.4 is 4.90 Å². The molecule has 1 fully saturated rings. The third-order valence-corrected chi connectivity index (χ3v) is 5.42. The van der Waals surface area contributed by atoms with E-state index in [1.807, 2.05) is 20.8 Å². The molecule has 7 heteroatoms. The second-order valence-corrected chi connectivity index (χ2v) is 7.64. The average molecular weight is 384 g/mol. The van der Waals surface area contributed by atoms with Crippen molar-refractivity contribution >= 4 is 34.0 Å². The Bertz CT molecular complexity index is 953. The Hall–Kier alpha value is -2.80. The molecule has 1 aliphatic heterocycles. The number of benzene rings is 2. The molecule has 0 N–H and O–H groups in total. The lowest BCUT2D eigenvalue weighted by atomic mass is 9.78. The summed E-state index contributed by atoms with van der Waals surface area (Å²) in [7, 11) is 0. The van der Waals surface area contributed by atoms with Crippen molar-refractivity contribution in [2.75, 3.05) is 11.5 Å². The number of hydrogen-bond donors (Lipinski definition) is 0. The molecule has 0 aromatic heterocycles. The molecule has 3 rings (SSSR count). The Labute approximate surface area is 163 Å². The lowest BCUT2D eigenvalue weighted by Gasteiger charge is -2.41. The number of hydrogen-bond acceptors (Lipinski definition) is 5. The van der Waals surface area contributed by atoms with E-state index in [1.165, 1.54) is 17.0 Å². The number of ether oxygens (including phenoxy) is 1. The van der Waals surface area contributed by atoms with Crippen LogP contribution in [0, 0.1) is 22.0 Å². The summed E-state index contributed by atoms with van der Waals surface area (Å²) in [6.07, 6.45) is 0.409. The number of carbonyl (C=O) groups is 2. The fraction of sp³-hybridized carbons (Fsp3) is 0.429. The van der Waals surface area contributed by atoms with Crippen LogP contribution in [0.5, 0.6) is 0 Å². The molecule has 0 bridgehead atoms. The molecule has 0 saturated carbocycles. The Kier molecular flexibility index (Phi) is 5.21. The highest BCUT2D eigenvalue weighted by atomic mass is 16.6. The van der Waals surface area contributed by atoms with Crippen LogP contribution in [-0.2, 0) is 14.3 Å². The van der Waals surface area contributed by atoms with Gasteiger partial charge < -0.3 is 4.74 Å².